The van der Waals surface area contributed by atoms with Gasteiger partial charge in [0, 0.05) is 6.54 Å². The lowest BCUT2D eigenvalue weighted by atomic mass is 10.1. The summed E-state index contributed by atoms with van der Waals surface area (Å²) in [5.74, 6) is -0.664. The van der Waals surface area contributed by atoms with E-state index in [1.54, 1.807) is 13.0 Å². The molecule has 2 aromatic carbocycles. The van der Waals surface area contributed by atoms with Crippen molar-refractivity contribution in [3.8, 4) is 17.2 Å². The largest absolute Gasteiger partial charge is 0.504 e. The number of aromatic hydroxyl groups is 2. The molecule has 0 saturated heterocycles. The van der Waals surface area contributed by atoms with Crippen molar-refractivity contribution in [2.75, 3.05) is 6.54 Å². The number of hydrogen-bond donors (Lipinski definition) is 3. The van der Waals surface area contributed by atoms with Gasteiger partial charge in [-0.3, -0.25) is 4.79 Å². The highest BCUT2D eigenvalue weighted by Crippen LogP contribution is 2.25. The van der Waals surface area contributed by atoms with Crippen LogP contribution in [0.5, 0.6) is 11.5 Å². The zero-order chi connectivity index (χ0) is 18.7. The first-order valence-electron chi connectivity index (χ1n) is 8.07. The zero-order valence-electron chi connectivity index (χ0n) is 14.1. The molecule has 0 radical (unpaired) electrons. The molecule has 0 aliphatic heterocycles. The van der Waals surface area contributed by atoms with Gasteiger partial charge in [0.15, 0.2) is 11.5 Å². The molecular formula is C19H18ClN3O3. The van der Waals surface area contributed by atoms with Crippen LogP contribution in [0, 0.1) is 6.92 Å². The van der Waals surface area contributed by atoms with Crippen molar-refractivity contribution in [1.82, 2.24) is 15.1 Å². The van der Waals surface area contributed by atoms with Gasteiger partial charge in [-0.05, 0) is 43.2 Å². The number of nitrogens with one attached hydrogen (secondary N) is 1. The molecule has 0 fully saturated rings. The molecule has 1 amide bonds. The molecule has 3 rings (SSSR count). The SMILES string of the molecule is Cc1nn(-c2ccccc2)c(Cl)c1C(=O)NCCc1ccc(O)c(O)c1. The standard InChI is InChI=1S/C19H18ClN3O3/c1-12-17(18(20)23(22-12)14-5-3-2-4-6-14)19(26)21-10-9-13-7-8-15(24)16(25)11-13/h2-8,11,24-25H,9-10H2,1H3,(H,21,26). The van der Waals surface area contributed by atoms with E-state index in [2.05, 4.69) is 10.4 Å². The summed E-state index contributed by atoms with van der Waals surface area (Å²) in [5.41, 5.74) is 2.45. The van der Waals surface area contributed by atoms with Gasteiger partial charge in [-0.25, -0.2) is 4.68 Å². The molecule has 134 valence electrons. The molecule has 26 heavy (non-hydrogen) atoms. The Bertz CT molecular complexity index is 939. The Labute approximate surface area is 155 Å². The minimum Gasteiger partial charge on any atom is -0.504 e. The summed E-state index contributed by atoms with van der Waals surface area (Å²) in [6, 6.07) is 13.9. The number of carbonyl (C=O) groups is 1. The van der Waals surface area contributed by atoms with Gasteiger partial charge >= 0.3 is 0 Å². The third-order valence-electron chi connectivity index (χ3n) is 3.97. The molecule has 1 aromatic heterocycles. The van der Waals surface area contributed by atoms with E-state index < -0.39 is 0 Å². The highest BCUT2D eigenvalue weighted by molar-refractivity contribution is 6.33. The summed E-state index contributed by atoms with van der Waals surface area (Å²) in [6.07, 6.45) is 0.503. The molecule has 6 nitrogen and oxygen atoms in total. The molecule has 0 spiro atoms. The number of aryl methyl sites for hydroxylation is 1. The lowest BCUT2D eigenvalue weighted by Gasteiger charge is -2.07. The van der Waals surface area contributed by atoms with Crippen LogP contribution in [0.1, 0.15) is 21.6 Å². The molecule has 7 heteroatoms. The van der Waals surface area contributed by atoms with Crippen LogP contribution in [-0.2, 0) is 6.42 Å². The van der Waals surface area contributed by atoms with Crippen LogP contribution in [0.15, 0.2) is 48.5 Å². The monoisotopic (exact) mass is 371 g/mol. The van der Waals surface area contributed by atoms with Gasteiger partial charge in [0.2, 0.25) is 0 Å². The first-order valence-corrected chi connectivity index (χ1v) is 8.44. The van der Waals surface area contributed by atoms with E-state index in [1.165, 1.54) is 16.8 Å². The van der Waals surface area contributed by atoms with E-state index in [0.717, 1.165) is 11.3 Å². The quantitative estimate of drug-likeness (QED) is 0.601. The van der Waals surface area contributed by atoms with Crippen LogP contribution >= 0.6 is 11.6 Å². The minimum absolute atomic E-state index is 0.173. The maximum Gasteiger partial charge on any atom is 0.256 e. The Morgan fingerprint density at radius 3 is 2.58 bits per heavy atom. The predicted octanol–water partition coefficient (Wildman–Crippen LogP) is 3.22. The summed E-state index contributed by atoms with van der Waals surface area (Å²) in [5, 5.41) is 26.2. The second-order valence-electron chi connectivity index (χ2n) is 5.83. The minimum atomic E-state index is -0.308. The van der Waals surface area contributed by atoms with Crippen molar-refractivity contribution < 1.29 is 15.0 Å². The third-order valence-corrected chi connectivity index (χ3v) is 4.32. The topological polar surface area (TPSA) is 87.4 Å². The molecular weight excluding hydrogens is 354 g/mol. The Hall–Kier alpha value is -2.99. The molecule has 0 aliphatic carbocycles. The van der Waals surface area contributed by atoms with Crippen LogP contribution in [0.2, 0.25) is 5.15 Å². The van der Waals surface area contributed by atoms with Gasteiger partial charge in [-0.15, -0.1) is 0 Å². The van der Waals surface area contributed by atoms with Gasteiger partial charge < -0.3 is 15.5 Å². The number of para-hydroxylation sites is 1. The van der Waals surface area contributed by atoms with Crippen molar-refractivity contribution in [3.05, 3.63) is 70.5 Å². The molecule has 0 unspecified atom stereocenters. The Kier molecular flexibility index (Phi) is 5.14. The Morgan fingerprint density at radius 1 is 1.15 bits per heavy atom. The van der Waals surface area contributed by atoms with Gasteiger partial charge in [0.1, 0.15) is 5.15 Å². The smallest absolute Gasteiger partial charge is 0.256 e. The summed E-state index contributed by atoms with van der Waals surface area (Å²) < 4.78 is 1.53. The maximum atomic E-state index is 12.5. The van der Waals surface area contributed by atoms with E-state index in [-0.39, 0.29) is 22.6 Å². The highest BCUT2D eigenvalue weighted by atomic mass is 35.5. The van der Waals surface area contributed by atoms with E-state index in [0.29, 0.717) is 24.2 Å². The molecule has 1 heterocycles. The number of nitrogens with zero attached hydrogens (tertiary/aromatic N) is 2. The van der Waals surface area contributed by atoms with Crippen LogP contribution in [0.25, 0.3) is 5.69 Å². The summed E-state index contributed by atoms with van der Waals surface area (Å²) >= 11 is 6.37. The number of rotatable bonds is 5. The highest BCUT2D eigenvalue weighted by Gasteiger charge is 2.20. The van der Waals surface area contributed by atoms with Crippen LogP contribution in [0.4, 0.5) is 0 Å². The Balaban J connectivity index is 1.70. The lowest BCUT2D eigenvalue weighted by Crippen LogP contribution is -2.26. The van der Waals surface area contributed by atoms with Crippen molar-refractivity contribution >= 4 is 17.5 Å². The van der Waals surface area contributed by atoms with Crippen LogP contribution < -0.4 is 5.32 Å². The number of amides is 1. The van der Waals surface area contributed by atoms with Gasteiger partial charge in [-0.2, -0.15) is 5.10 Å². The lowest BCUT2D eigenvalue weighted by molar-refractivity contribution is 0.0953. The van der Waals surface area contributed by atoms with Crippen LogP contribution in [-0.4, -0.2) is 32.4 Å². The molecule has 0 saturated carbocycles. The molecule has 0 bridgehead atoms. The summed E-state index contributed by atoms with van der Waals surface area (Å²) in [4.78, 5) is 12.5. The number of halogens is 1. The number of carbonyl (C=O) groups excluding carboxylic acids is 1. The summed E-state index contributed by atoms with van der Waals surface area (Å²) in [6.45, 7) is 2.09. The van der Waals surface area contributed by atoms with Gasteiger partial charge in [-0.1, -0.05) is 35.9 Å². The van der Waals surface area contributed by atoms with Crippen molar-refractivity contribution in [3.63, 3.8) is 0 Å². The average Bonchev–Trinajstić information content (AvgIpc) is 2.93. The molecule has 0 atom stereocenters. The summed E-state index contributed by atoms with van der Waals surface area (Å²) in [7, 11) is 0. The molecule has 3 N–H and O–H groups in total. The van der Waals surface area contributed by atoms with E-state index in [4.69, 9.17) is 11.6 Å². The first-order chi connectivity index (χ1) is 12.5. The average molecular weight is 372 g/mol. The molecule has 3 aromatic rings. The third kappa shape index (κ3) is 3.65. The zero-order valence-corrected chi connectivity index (χ0v) is 14.9. The first kappa shape index (κ1) is 17.8. The fourth-order valence-corrected chi connectivity index (χ4v) is 2.99. The van der Waals surface area contributed by atoms with Crippen molar-refractivity contribution in [2.45, 2.75) is 13.3 Å². The van der Waals surface area contributed by atoms with Crippen LogP contribution in [0.3, 0.4) is 0 Å². The van der Waals surface area contributed by atoms with Gasteiger partial charge in [0.05, 0.1) is 16.9 Å². The molecule has 0 aliphatic rings. The van der Waals surface area contributed by atoms with Crippen molar-refractivity contribution in [1.29, 1.82) is 0 Å². The number of aromatic nitrogens is 2. The number of phenols is 2. The fraction of sp³-hybridized carbons (Fsp3) is 0.158. The van der Waals surface area contributed by atoms with Crippen molar-refractivity contribution in [2.24, 2.45) is 0 Å². The fourth-order valence-electron chi connectivity index (χ4n) is 2.63. The second-order valence-corrected chi connectivity index (χ2v) is 6.19. The van der Waals surface area contributed by atoms with E-state index >= 15 is 0 Å². The Morgan fingerprint density at radius 2 is 1.88 bits per heavy atom. The normalized spacial score (nSPS) is 10.7. The number of hydrogen-bond acceptors (Lipinski definition) is 4. The number of phenolic OH excluding ortho intramolecular Hbond substituents is 2. The van der Waals surface area contributed by atoms with E-state index in [9.17, 15) is 15.0 Å². The second kappa shape index (κ2) is 7.49. The van der Waals surface area contributed by atoms with Gasteiger partial charge in [0.25, 0.3) is 5.91 Å². The van der Waals surface area contributed by atoms with E-state index in [1.807, 2.05) is 30.3 Å². The number of benzene rings is 2. The maximum absolute atomic E-state index is 12.5. The predicted molar refractivity (Wildman–Crippen MR) is 99.1 cm³/mol.